The van der Waals surface area contributed by atoms with Gasteiger partial charge in [0.1, 0.15) is 0 Å². The van der Waals surface area contributed by atoms with Crippen LogP contribution >= 0.6 is 0 Å². The summed E-state index contributed by atoms with van der Waals surface area (Å²) >= 11 is 0. The van der Waals surface area contributed by atoms with Crippen molar-refractivity contribution in [2.75, 3.05) is 6.54 Å². The zero-order valence-corrected chi connectivity index (χ0v) is 12.4. The van der Waals surface area contributed by atoms with Crippen LogP contribution in [0.25, 0.3) is 11.0 Å². The van der Waals surface area contributed by atoms with E-state index in [0.717, 1.165) is 24.5 Å². The van der Waals surface area contributed by atoms with E-state index in [2.05, 4.69) is 40.0 Å². The van der Waals surface area contributed by atoms with Crippen LogP contribution in [-0.2, 0) is 6.54 Å². The van der Waals surface area contributed by atoms with E-state index in [1.54, 1.807) is 0 Å². The predicted octanol–water partition coefficient (Wildman–Crippen LogP) is 3.59. The van der Waals surface area contributed by atoms with Gasteiger partial charge in [-0.15, -0.1) is 0 Å². The Bertz CT molecular complexity index is 540. The highest BCUT2D eigenvalue weighted by Crippen LogP contribution is 2.26. The molecule has 0 aliphatic heterocycles. The number of nitrogens with zero attached hydrogens (tertiary/aromatic N) is 2. The van der Waals surface area contributed by atoms with Gasteiger partial charge in [-0.05, 0) is 37.8 Å². The van der Waals surface area contributed by atoms with Gasteiger partial charge in [0.05, 0.1) is 17.4 Å². The minimum atomic E-state index is 0.644. The van der Waals surface area contributed by atoms with E-state index in [0.29, 0.717) is 6.04 Å². The zero-order chi connectivity index (χ0) is 13.8. The van der Waals surface area contributed by atoms with Crippen molar-refractivity contribution in [3.05, 3.63) is 30.6 Å². The number of rotatable bonds is 5. The van der Waals surface area contributed by atoms with Crippen LogP contribution < -0.4 is 5.32 Å². The maximum Gasteiger partial charge on any atom is 0.0958 e. The van der Waals surface area contributed by atoms with Gasteiger partial charge in [-0.25, -0.2) is 4.98 Å². The van der Waals surface area contributed by atoms with Crippen LogP contribution in [0.3, 0.4) is 0 Å². The first kappa shape index (κ1) is 13.6. The summed E-state index contributed by atoms with van der Waals surface area (Å²) in [5.41, 5.74) is 2.33. The molecule has 0 radical (unpaired) electrons. The molecule has 3 nitrogen and oxygen atoms in total. The summed E-state index contributed by atoms with van der Waals surface area (Å²) in [5.74, 6) is 0.878. The van der Waals surface area contributed by atoms with Crippen LogP contribution in [-0.4, -0.2) is 22.1 Å². The van der Waals surface area contributed by atoms with Crippen molar-refractivity contribution >= 4 is 11.0 Å². The maximum atomic E-state index is 4.44. The summed E-state index contributed by atoms with van der Waals surface area (Å²) in [6.45, 7) is 4.37. The minimum Gasteiger partial charge on any atom is -0.329 e. The van der Waals surface area contributed by atoms with E-state index < -0.39 is 0 Å². The summed E-state index contributed by atoms with van der Waals surface area (Å²) in [4.78, 5) is 4.44. The molecule has 1 atom stereocenters. The Kier molecular flexibility index (Phi) is 4.36. The van der Waals surface area contributed by atoms with Crippen LogP contribution in [0.15, 0.2) is 30.6 Å². The maximum absolute atomic E-state index is 4.44. The van der Waals surface area contributed by atoms with Gasteiger partial charge in [-0.3, -0.25) is 0 Å². The normalized spacial score (nSPS) is 18.4. The number of nitrogens with one attached hydrogen (secondary N) is 1. The molecule has 0 amide bonds. The molecule has 2 aromatic rings. The summed E-state index contributed by atoms with van der Waals surface area (Å²) in [6.07, 6.45) is 9.04. The average molecular weight is 271 g/mol. The van der Waals surface area contributed by atoms with Gasteiger partial charge >= 0.3 is 0 Å². The minimum absolute atomic E-state index is 0.644. The second kappa shape index (κ2) is 6.40. The fourth-order valence-corrected chi connectivity index (χ4v) is 3.40. The molecule has 0 saturated heterocycles. The fourth-order valence-electron chi connectivity index (χ4n) is 3.40. The molecular formula is C17H25N3. The van der Waals surface area contributed by atoms with E-state index in [1.807, 2.05) is 12.4 Å². The van der Waals surface area contributed by atoms with Crippen molar-refractivity contribution < 1.29 is 0 Å². The van der Waals surface area contributed by atoms with Crippen LogP contribution in [0.2, 0.25) is 0 Å². The van der Waals surface area contributed by atoms with Crippen LogP contribution in [0, 0.1) is 5.92 Å². The summed E-state index contributed by atoms with van der Waals surface area (Å²) in [6, 6.07) is 8.99. The Balaban J connectivity index is 1.52. The Hall–Kier alpha value is -1.35. The first-order valence-corrected chi connectivity index (χ1v) is 7.98. The summed E-state index contributed by atoms with van der Waals surface area (Å²) in [7, 11) is 0. The van der Waals surface area contributed by atoms with Gasteiger partial charge in [0.15, 0.2) is 0 Å². The molecule has 1 aromatic heterocycles. The lowest BCUT2D eigenvalue weighted by molar-refractivity contribution is 0.280. The topological polar surface area (TPSA) is 29.9 Å². The molecule has 3 rings (SSSR count). The molecule has 1 N–H and O–H groups in total. The first-order valence-electron chi connectivity index (χ1n) is 7.98. The third-order valence-electron chi connectivity index (χ3n) is 4.70. The average Bonchev–Trinajstić information content (AvgIpc) is 2.92. The number of hydrogen-bond donors (Lipinski definition) is 1. The van der Waals surface area contributed by atoms with Crippen molar-refractivity contribution in [3.8, 4) is 0 Å². The molecule has 1 aliphatic carbocycles. The standard InChI is InChI=1S/C17H25N3/c1-14(15-7-3-2-4-8-15)18-11-12-20-13-19-16-9-5-6-10-17(16)20/h5-6,9-10,13-15,18H,2-4,7-8,11-12H2,1H3/t14-/m1/s1. The van der Waals surface area contributed by atoms with Gasteiger partial charge < -0.3 is 9.88 Å². The SMILES string of the molecule is C[C@@H](NCCn1cnc2ccccc21)C1CCCCC1. The van der Waals surface area contributed by atoms with E-state index in [4.69, 9.17) is 0 Å². The second-order valence-electron chi connectivity index (χ2n) is 6.07. The second-order valence-corrected chi connectivity index (χ2v) is 6.07. The highest BCUT2D eigenvalue weighted by atomic mass is 15.1. The quantitative estimate of drug-likeness (QED) is 0.900. The Labute approximate surface area is 121 Å². The zero-order valence-electron chi connectivity index (χ0n) is 12.4. The van der Waals surface area contributed by atoms with E-state index in [9.17, 15) is 0 Å². The van der Waals surface area contributed by atoms with Gasteiger partial charge in [-0.2, -0.15) is 0 Å². The number of imidazole rings is 1. The van der Waals surface area contributed by atoms with Crippen LogP contribution in [0.5, 0.6) is 0 Å². The van der Waals surface area contributed by atoms with Crippen molar-refractivity contribution in [2.24, 2.45) is 5.92 Å². The molecule has 1 aromatic carbocycles. The van der Waals surface area contributed by atoms with E-state index in [1.165, 1.54) is 37.6 Å². The molecule has 20 heavy (non-hydrogen) atoms. The lowest BCUT2D eigenvalue weighted by Gasteiger charge is -2.28. The Morgan fingerprint density at radius 2 is 2.05 bits per heavy atom. The molecule has 1 aliphatic rings. The third-order valence-corrected chi connectivity index (χ3v) is 4.70. The smallest absolute Gasteiger partial charge is 0.0958 e. The highest BCUT2D eigenvalue weighted by molar-refractivity contribution is 5.74. The van der Waals surface area contributed by atoms with Gasteiger partial charge in [0.25, 0.3) is 0 Å². The van der Waals surface area contributed by atoms with E-state index >= 15 is 0 Å². The molecular weight excluding hydrogens is 246 g/mol. The highest BCUT2D eigenvalue weighted by Gasteiger charge is 2.19. The number of hydrogen-bond acceptors (Lipinski definition) is 2. The van der Waals surface area contributed by atoms with Crippen LogP contribution in [0.1, 0.15) is 39.0 Å². The summed E-state index contributed by atoms with van der Waals surface area (Å²) in [5, 5.41) is 3.71. The molecule has 1 heterocycles. The van der Waals surface area contributed by atoms with Crippen molar-refractivity contribution in [1.29, 1.82) is 0 Å². The molecule has 0 unspecified atom stereocenters. The van der Waals surface area contributed by atoms with E-state index in [-0.39, 0.29) is 0 Å². The number of benzene rings is 1. The first-order chi connectivity index (χ1) is 9.84. The molecule has 0 bridgehead atoms. The van der Waals surface area contributed by atoms with Crippen molar-refractivity contribution in [2.45, 2.75) is 51.6 Å². The Morgan fingerprint density at radius 3 is 2.90 bits per heavy atom. The largest absolute Gasteiger partial charge is 0.329 e. The molecule has 1 fully saturated rings. The van der Waals surface area contributed by atoms with Gasteiger partial charge in [-0.1, -0.05) is 31.4 Å². The number of para-hydroxylation sites is 2. The third kappa shape index (κ3) is 3.04. The lowest BCUT2D eigenvalue weighted by Crippen LogP contribution is -2.36. The lowest BCUT2D eigenvalue weighted by atomic mass is 9.84. The number of aromatic nitrogens is 2. The molecule has 0 spiro atoms. The van der Waals surface area contributed by atoms with Crippen molar-refractivity contribution in [1.82, 2.24) is 14.9 Å². The number of fused-ring (bicyclic) bond motifs is 1. The monoisotopic (exact) mass is 271 g/mol. The van der Waals surface area contributed by atoms with Crippen LogP contribution in [0.4, 0.5) is 0 Å². The Morgan fingerprint density at radius 1 is 1.25 bits per heavy atom. The fraction of sp³-hybridized carbons (Fsp3) is 0.588. The molecule has 3 heteroatoms. The summed E-state index contributed by atoms with van der Waals surface area (Å²) < 4.78 is 2.25. The molecule has 1 saturated carbocycles. The predicted molar refractivity (Wildman–Crippen MR) is 83.8 cm³/mol. The van der Waals surface area contributed by atoms with Gasteiger partial charge in [0, 0.05) is 19.1 Å². The van der Waals surface area contributed by atoms with Gasteiger partial charge in [0.2, 0.25) is 0 Å². The molecule has 108 valence electrons. The van der Waals surface area contributed by atoms with Crippen molar-refractivity contribution in [3.63, 3.8) is 0 Å².